The van der Waals surface area contributed by atoms with Gasteiger partial charge >= 0.3 is 11.9 Å². The van der Waals surface area contributed by atoms with Gasteiger partial charge in [0.15, 0.2) is 5.78 Å². The van der Waals surface area contributed by atoms with E-state index in [1.165, 1.54) is 11.3 Å². The van der Waals surface area contributed by atoms with Gasteiger partial charge in [-0.1, -0.05) is 30.3 Å². The lowest BCUT2D eigenvalue weighted by atomic mass is 9.74. The second-order valence-corrected chi connectivity index (χ2v) is 11.8. The average molecular weight is 505 g/mol. The summed E-state index contributed by atoms with van der Waals surface area (Å²) in [5, 5.41) is 1.81. The van der Waals surface area contributed by atoms with Gasteiger partial charge in [-0.05, 0) is 76.2 Å². The van der Waals surface area contributed by atoms with E-state index in [9.17, 15) is 19.2 Å². The van der Waals surface area contributed by atoms with Crippen LogP contribution in [0.4, 0.5) is 0 Å². The van der Waals surface area contributed by atoms with Crippen LogP contribution in [0.25, 0.3) is 0 Å². The number of thiophene rings is 1. The molecule has 0 radical (unpaired) electrons. The van der Waals surface area contributed by atoms with Crippen LogP contribution in [0.3, 0.4) is 0 Å². The van der Waals surface area contributed by atoms with Crippen LogP contribution in [0.5, 0.6) is 11.5 Å². The van der Waals surface area contributed by atoms with Gasteiger partial charge in [-0.25, -0.2) is 0 Å². The smallest absolute Gasteiger partial charge is 0.316 e. The minimum atomic E-state index is -0.840. The van der Waals surface area contributed by atoms with E-state index in [0.717, 1.165) is 0 Å². The number of esters is 2. The first-order valence-corrected chi connectivity index (χ1v) is 12.5. The van der Waals surface area contributed by atoms with E-state index in [2.05, 4.69) is 0 Å². The van der Waals surface area contributed by atoms with Crippen LogP contribution in [0.15, 0.2) is 53.9 Å². The first-order valence-electron chi connectivity index (χ1n) is 11.6. The normalized spacial score (nSPS) is 13.6. The summed E-state index contributed by atoms with van der Waals surface area (Å²) in [6.45, 7) is 10.3. The highest BCUT2D eigenvalue weighted by molar-refractivity contribution is 7.12. The fourth-order valence-electron chi connectivity index (χ4n) is 3.88. The van der Waals surface area contributed by atoms with E-state index in [4.69, 9.17) is 9.47 Å². The van der Waals surface area contributed by atoms with Crippen LogP contribution in [0.1, 0.15) is 84.2 Å². The molecule has 36 heavy (non-hydrogen) atoms. The van der Waals surface area contributed by atoms with Crippen LogP contribution in [-0.4, -0.2) is 23.5 Å². The van der Waals surface area contributed by atoms with Crippen LogP contribution < -0.4 is 9.47 Å². The molecule has 0 aliphatic heterocycles. The van der Waals surface area contributed by atoms with Crippen molar-refractivity contribution in [2.45, 2.75) is 47.5 Å². The summed E-state index contributed by atoms with van der Waals surface area (Å²) in [4.78, 5) is 53.7. The molecule has 0 amide bonds. The molecule has 186 valence electrons. The van der Waals surface area contributed by atoms with Gasteiger partial charge in [0.2, 0.25) is 5.78 Å². The first kappa shape index (κ1) is 25.5. The van der Waals surface area contributed by atoms with Gasteiger partial charge in [-0.2, -0.15) is 0 Å². The van der Waals surface area contributed by atoms with E-state index in [1.54, 1.807) is 90.1 Å². The third-order valence-corrected chi connectivity index (χ3v) is 6.73. The number of ether oxygens (including phenoxy) is 2. The maximum atomic E-state index is 14.0. The molecule has 0 atom stereocenters. The van der Waals surface area contributed by atoms with Gasteiger partial charge in [-0.3, -0.25) is 19.2 Å². The minimum absolute atomic E-state index is 0.0732. The third kappa shape index (κ3) is 4.63. The predicted octanol–water partition coefficient (Wildman–Crippen LogP) is 6.21. The van der Waals surface area contributed by atoms with Gasteiger partial charge in [0, 0.05) is 0 Å². The molecule has 6 nitrogen and oxygen atoms in total. The molecular formula is C29H28O6S. The molecule has 2 aromatic carbocycles. The lowest BCUT2D eigenvalue weighted by molar-refractivity contribution is -0.143. The van der Waals surface area contributed by atoms with Gasteiger partial charge in [0.25, 0.3) is 0 Å². The summed E-state index contributed by atoms with van der Waals surface area (Å²) in [5.74, 6) is -2.38. The fourth-order valence-corrected chi connectivity index (χ4v) is 4.57. The molecule has 0 unspecified atom stereocenters. The number of rotatable bonds is 4. The molecule has 1 aliphatic rings. The Hall–Kier alpha value is -3.58. The highest BCUT2D eigenvalue weighted by Crippen LogP contribution is 2.45. The average Bonchev–Trinajstić information content (AvgIpc) is 3.33. The zero-order chi connectivity index (χ0) is 26.4. The monoisotopic (exact) mass is 504 g/mol. The van der Waals surface area contributed by atoms with Crippen LogP contribution in [0.2, 0.25) is 0 Å². The Morgan fingerprint density at radius 3 is 1.58 bits per heavy atom. The lowest BCUT2D eigenvalue weighted by Gasteiger charge is -2.29. The van der Waals surface area contributed by atoms with Crippen molar-refractivity contribution in [2.24, 2.45) is 10.8 Å². The molecule has 3 aromatic rings. The van der Waals surface area contributed by atoms with Crippen molar-refractivity contribution in [1.29, 1.82) is 0 Å². The van der Waals surface area contributed by atoms with E-state index in [0.29, 0.717) is 16.0 Å². The van der Waals surface area contributed by atoms with Crippen molar-refractivity contribution >= 4 is 34.8 Å². The topological polar surface area (TPSA) is 86.7 Å². The summed E-state index contributed by atoms with van der Waals surface area (Å²) < 4.78 is 11.4. The number of benzene rings is 2. The quantitative estimate of drug-likeness (QED) is 0.238. The molecule has 0 N–H and O–H groups in total. The summed E-state index contributed by atoms with van der Waals surface area (Å²) in [6.07, 6.45) is 0. The SMILES string of the molecule is CC(C)(C)C(=O)Oc1cccc2c1C(=O)c1c(OC(=O)C(C)(C)C)cccc1C2C(=O)c1cccs1. The van der Waals surface area contributed by atoms with Crippen molar-refractivity contribution in [3.63, 3.8) is 0 Å². The number of ketones is 2. The lowest BCUT2D eigenvalue weighted by Crippen LogP contribution is -2.30. The molecule has 0 saturated heterocycles. The van der Waals surface area contributed by atoms with Crippen molar-refractivity contribution in [2.75, 3.05) is 0 Å². The number of Topliss-reactive ketones (excluding diaryl/α,β-unsaturated/α-hetero) is 1. The van der Waals surface area contributed by atoms with Crippen molar-refractivity contribution in [1.82, 2.24) is 0 Å². The van der Waals surface area contributed by atoms with E-state index >= 15 is 0 Å². The Kier molecular flexibility index (Phi) is 6.47. The molecular weight excluding hydrogens is 476 g/mol. The van der Waals surface area contributed by atoms with Crippen LogP contribution in [0, 0.1) is 10.8 Å². The summed E-state index contributed by atoms with van der Waals surface area (Å²) >= 11 is 1.31. The number of fused-ring (bicyclic) bond motifs is 2. The van der Waals surface area contributed by atoms with Gasteiger partial charge in [0.05, 0.1) is 32.8 Å². The van der Waals surface area contributed by atoms with Gasteiger partial charge in [0.1, 0.15) is 11.5 Å². The van der Waals surface area contributed by atoms with E-state index < -0.39 is 34.5 Å². The standard InChI is InChI=1S/C29H28O6S/c1-28(2,3)26(32)34-18-12-7-10-16-21(24(30)20-14-9-15-36-20)17-11-8-13-19(23(17)25(31)22(16)18)35-27(33)29(4,5)6/h7-15,21H,1-6H3. The zero-order valence-electron chi connectivity index (χ0n) is 21.1. The molecule has 1 aliphatic carbocycles. The van der Waals surface area contributed by atoms with E-state index in [1.807, 2.05) is 5.38 Å². The van der Waals surface area contributed by atoms with Crippen LogP contribution >= 0.6 is 11.3 Å². The molecule has 0 saturated carbocycles. The summed E-state index contributed by atoms with van der Waals surface area (Å²) in [5.41, 5.74) is -0.474. The minimum Gasteiger partial charge on any atom is -0.425 e. The fraction of sp³-hybridized carbons (Fsp3) is 0.310. The summed E-state index contributed by atoms with van der Waals surface area (Å²) in [6, 6.07) is 13.3. The maximum Gasteiger partial charge on any atom is 0.316 e. The number of hydrogen-bond donors (Lipinski definition) is 0. The Morgan fingerprint density at radius 1 is 0.722 bits per heavy atom. The molecule has 7 heteroatoms. The first-order chi connectivity index (χ1) is 16.8. The highest BCUT2D eigenvalue weighted by Gasteiger charge is 2.41. The second kappa shape index (κ2) is 9.13. The molecule has 1 heterocycles. The molecule has 0 fully saturated rings. The number of carbonyl (C=O) groups is 4. The van der Waals surface area contributed by atoms with Crippen LogP contribution in [-0.2, 0) is 9.59 Å². The Labute approximate surface area is 214 Å². The Morgan fingerprint density at radius 2 is 1.19 bits per heavy atom. The summed E-state index contributed by atoms with van der Waals surface area (Å²) in [7, 11) is 0. The van der Waals surface area contributed by atoms with Crippen molar-refractivity contribution in [3.05, 3.63) is 81.0 Å². The van der Waals surface area contributed by atoms with Gasteiger partial charge < -0.3 is 9.47 Å². The second-order valence-electron chi connectivity index (χ2n) is 10.8. The molecule has 1 aromatic heterocycles. The third-order valence-electron chi connectivity index (χ3n) is 5.85. The van der Waals surface area contributed by atoms with Crippen molar-refractivity contribution in [3.8, 4) is 11.5 Å². The Balaban J connectivity index is 1.94. The largest absolute Gasteiger partial charge is 0.425 e. The van der Waals surface area contributed by atoms with E-state index in [-0.39, 0.29) is 28.4 Å². The molecule has 4 rings (SSSR count). The molecule has 0 spiro atoms. The highest BCUT2D eigenvalue weighted by atomic mass is 32.1. The van der Waals surface area contributed by atoms with Crippen molar-refractivity contribution < 1.29 is 28.7 Å². The molecule has 0 bridgehead atoms. The maximum absolute atomic E-state index is 14.0. The zero-order valence-corrected chi connectivity index (χ0v) is 21.9. The predicted molar refractivity (Wildman–Crippen MR) is 137 cm³/mol. The van der Waals surface area contributed by atoms with Gasteiger partial charge in [-0.15, -0.1) is 11.3 Å². The number of carbonyl (C=O) groups excluding carboxylic acids is 4. The Bertz CT molecular complexity index is 1290. The number of hydrogen-bond acceptors (Lipinski definition) is 7.